The molecule has 0 aliphatic rings. The third kappa shape index (κ3) is 2.35. The van der Waals surface area contributed by atoms with Crippen LogP contribution in [0.2, 0.25) is 5.02 Å². The van der Waals surface area contributed by atoms with Gasteiger partial charge < -0.3 is 10.1 Å². The maximum Gasteiger partial charge on any atom is 0.289 e. The zero-order valence-corrected chi connectivity index (χ0v) is 11.1. The first-order valence-electron chi connectivity index (χ1n) is 5.62. The molecule has 0 saturated carbocycles. The molecule has 0 heterocycles. The van der Waals surface area contributed by atoms with Crippen LogP contribution in [0.25, 0.3) is 0 Å². The topological polar surface area (TPSA) is 98.5 Å². The van der Waals surface area contributed by atoms with Gasteiger partial charge in [-0.15, -0.1) is 0 Å². The summed E-state index contributed by atoms with van der Waals surface area (Å²) in [7, 11) is 0. The van der Waals surface area contributed by atoms with Crippen LogP contribution in [0.3, 0.4) is 0 Å². The van der Waals surface area contributed by atoms with Crippen LogP contribution in [0, 0.1) is 10.1 Å². The number of nitrogens with zero attached hydrogens (tertiary/aromatic N) is 1. The smallest absolute Gasteiger partial charge is 0.289 e. The minimum absolute atomic E-state index is 0.00605. The van der Waals surface area contributed by atoms with Gasteiger partial charge in [0.2, 0.25) is 0 Å². The number of ether oxygens (including phenoxy) is 1. The van der Waals surface area contributed by atoms with E-state index in [9.17, 15) is 19.7 Å². The van der Waals surface area contributed by atoms with Crippen molar-refractivity contribution in [3.05, 3.63) is 53.8 Å². The van der Waals surface area contributed by atoms with E-state index in [2.05, 4.69) is 5.32 Å². The molecule has 1 N–H and O–H groups in total. The molecule has 0 saturated heterocycles. The van der Waals surface area contributed by atoms with Crippen molar-refractivity contribution in [1.82, 2.24) is 0 Å². The highest BCUT2D eigenvalue weighted by atomic mass is 35.5. The fourth-order valence-corrected chi connectivity index (χ4v) is 1.83. The summed E-state index contributed by atoms with van der Waals surface area (Å²) in [6, 6.07) is 3.96. The average molecular weight is 297 g/mol. The Bertz CT molecular complexity index is 749. The van der Waals surface area contributed by atoms with E-state index in [0.29, 0.717) is 0 Å². The molecule has 7 nitrogen and oxygen atoms in total. The lowest BCUT2D eigenvalue weighted by Gasteiger charge is -2.13. The molecule has 0 fully saturated rings. The monoisotopic (exact) mass is 296 g/mol. The van der Waals surface area contributed by atoms with Gasteiger partial charge >= 0.3 is 0 Å². The Morgan fingerprint density at radius 3 is 2.65 bits per heavy atom. The van der Waals surface area contributed by atoms with Gasteiger partial charge in [-0.05, 0) is 19.1 Å². The van der Waals surface area contributed by atoms with Crippen LogP contribution in [0.15, 0.2) is 27.8 Å². The highest BCUT2D eigenvalue weighted by Crippen LogP contribution is 2.30. The second-order valence-corrected chi connectivity index (χ2v) is 4.25. The number of hydrogen-bond donors (Lipinski definition) is 1. The van der Waals surface area contributed by atoms with Gasteiger partial charge in [0.05, 0.1) is 11.5 Å². The van der Waals surface area contributed by atoms with Crippen molar-refractivity contribution in [1.29, 1.82) is 0 Å². The second-order valence-electron chi connectivity index (χ2n) is 3.84. The molecule has 0 radical (unpaired) electrons. The van der Waals surface area contributed by atoms with Crippen LogP contribution in [0.4, 0.5) is 17.1 Å². The van der Waals surface area contributed by atoms with Gasteiger partial charge in [0.25, 0.3) is 16.5 Å². The summed E-state index contributed by atoms with van der Waals surface area (Å²) in [4.78, 5) is 32.8. The molecule has 0 bridgehead atoms. The fraction of sp³-hybridized carbons (Fsp3) is 0.167. The molecule has 2 rings (SSSR count). The van der Waals surface area contributed by atoms with Gasteiger partial charge in [0.15, 0.2) is 5.75 Å². The third-order valence-corrected chi connectivity index (χ3v) is 2.89. The van der Waals surface area contributed by atoms with E-state index in [1.54, 1.807) is 6.92 Å². The molecule has 20 heavy (non-hydrogen) atoms. The molecule has 0 atom stereocenters. The number of nitro groups is 1. The standard InChI is InChI=1S/C12H9ClN2O5/c1-2-20-12-9(10(16)11(12)17)14-6-3-4-7(13)8(5-6)15(18)19/h3-5,14H,2H2,1H3. The molecule has 104 valence electrons. The van der Waals surface area contributed by atoms with Crippen molar-refractivity contribution in [2.45, 2.75) is 6.92 Å². The predicted molar refractivity (Wildman–Crippen MR) is 73.9 cm³/mol. The largest absolute Gasteiger partial charge is 0.488 e. The summed E-state index contributed by atoms with van der Waals surface area (Å²) in [6.07, 6.45) is 0. The first-order chi connectivity index (χ1) is 9.45. The van der Waals surface area contributed by atoms with E-state index < -0.39 is 15.8 Å². The van der Waals surface area contributed by atoms with Gasteiger partial charge in [-0.25, -0.2) is 0 Å². The molecule has 0 aliphatic carbocycles. The quantitative estimate of drug-likeness (QED) is 0.514. The van der Waals surface area contributed by atoms with Gasteiger partial charge in [0.1, 0.15) is 10.7 Å². The van der Waals surface area contributed by atoms with Crippen molar-refractivity contribution < 1.29 is 9.66 Å². The van der Waals surface area contributed by atoms with Crippen LogP contribution in [0.1, 0.15) is 6.92 Å². The van der Waals surface area contributed by atoms with E-state index >= 15 is 0 Å². The molecule has 0 unspecified atom stereocenters. The lowest BCUT2D eigenvalue weighted by atomic mass is 10.2. The number of nitro benzene ring substituents is 1. The van der Waals surface area contributed by atoms with Crippen molar-refractivity contribution >= 4 is 28.7 Å². The Labute approximate surface area is 117 Å². The molecular weight excluding hydrogens is 288 g/mol. The van der Waals surface area contributed by atoms with Crippen LogP contribution >= 0.6 is 11.6 Å². The maximum absolute atomic E-state index is 11.4. The Balaban J connectivity index is 2.34. The molecule has 2 aromatic rings. The van der Waals surface area contributed by atoms with Crippen molar-refractivity contribution in [2.24, 2.45) is 0 Å². The molecule has 2 aromatic carbocycles. The number of hydrogen-bond acceptors (Lipinski definition) is 6. The molecule has 8 heteroatoms. The first kappa shape index (κ1) is 14.0. The van der Waals surface area contributed by atoms with E-state index in [4.69, 9.17) is 16.3 Å². The molecule has 0 aliphatic heterocycles. The number of nitrogens with one attached hydrogen (secondary N) is 1. The minimum Gasteiger partial charge on any atom is -0.488 e. The van der Waals surface area contributed by atoms with Crippen molar-refractivity contribution in [3.63, 3.8) is 0 Å². The second kappa shape index (κ2) is 5.30. The highest BCUT2D eigenvalue weighted by Gasteiger charge is 2.23. The van der Waals surface area contributed by atoms with Crippen LogP contribution in [-0.4, -0.2) is 11.5 Å². The Morgan fingerprint density at radius 1 is 1.35 bits per heavy atom. The number of anilines is 2. The molecule has 0 spiro atoms. The Kier molecular flexibility index (Phi) is 3.71. The summed E-state index contributed by atoms with van der Waals surface area (Å²) in [5, 5.41) is 13.4. The molecular formula is C12H9ClN2O5. The van der Waals surface area contributed by atoms with E-state index in [0.717, 1.165) is 0 Å². The highest BCUT2D eigenvalue weighted by molar-refractivity contribution is 6.32. The lowest BCUT2D eigenvalue weighted by molar-refractivity contribution is -0.384. The van der Waals surface area contributed by atoms with Gasteiger partial charge in [-0.2, -0.15) is 0 Å². The minimum atomic E-state index is -0.717. The predicted octanol–water partition coefficient (Wildman–Crippen LogP) is 1.99. The number of rotatable bonds is 5. The first-order valence-corrected chi connectivity index (χ1v) is 6.00. The van der Waals surface area contributed by atoms with E-state index in [1.807, 2.05) is 0 Å². The molecule has 0 aromatic heterocycles. The average Bonchev–Trinajstić information content (AvgIpc) is 2.43. The van der Waals surface area contributed by atoms with Gasteiger partial charge in [-0.1, -0.05) is 11.6 Å². The number of halogens is 1. The van der Waals surface area contributed by atoms with Crippen molar-refractivity contribution in [2.75, 3.05) is 11.9 Å². The summed E-state index contributed by atoms with van der Waals surface area (Å²) in [5.41, 5.74) is -1.46. The number of benzene rings is 1. The zero-order valence-electron chi connectivity index (χ0n) is 10.3. The van der Waals surface area contributed by atoms with Crippen LogP contribution in [-0.2, 0) is 0 Å². The third-order valence-electron chi connectivity index (χ3n) is 2.57. The summed E-state index contributed by atoms with van der Waals surface area (Å²) in [5.74, 6) is -0.0601. The fourth-order valence-electron chi connectivity index (χ4n) is 1.64. The normalized spacial score (nSPS) is 10.5. The van der Waals surface area contributed by atoms with Crippen LogP contribution < -0.4 is 20.9 Å². The van der Waals surface area contributed by atoms with Gasteiger partial charge in [-0.3, -0.25) is 19.7 Å². The zero-order chi connectivity index (χ0) is 14.9. The maximum atomic E-state index is 11.4. The molecule has 0 amide bonds. The SMILES string of the molecule is CCOc1c(Nc2ccc(Cl)c([N+](=O)[O-])c2)c(=O)c1=O. The van der Waals surface area contributed by atoms with E-state index in [1.165, 1.54) is 18.2 Å². The Hall–Kier alpha value is -2.41. The van der Waals surface area contributed by atoms with Gasteiger partial charge in [0, 0.05) is 11.8 Å². The van der Waals surface area contributed by atoms with Crippen LogP contribution in [0.5, 0.6) is 5.75 Å². The Morgan fingerprint density at radius 2 is 2.05 bits per heavy atom. The van der Waals surface area contributed by atoms with Crippen molar-refractivity contribution in [3.8, 4) is 5.75 Å². The summed E-state index contributed by atoms with van der Waals surface area (Å²) in [6.45, 7) is 1.91. The summed E-state index contributed by atoms with van der Waals surface area (Å²) >= 11 is 5.68. The van der Waals surface area contributed by atoms with E-state index in [-0.39, 0.29) is 34.4 Å². The summed E-state index contributed by atoms with van der Waals surface area (Å²) < 4.78 is 5.03. The lowest BCUT2D eigenvalue weighted by Crippen LogP contribution is -2.35.